The summed E-state index contributed by atoms with van der Waals surface area (Å²) >= 11 is 0. The van der Waals surface area contributed by atoms with Crippen LogP contribution in [0.25, 0.3) is 5.52 Å². The third-order valence-corrected chi connectivity index (χ3v) is 3.56. The van der Waals surface area contributed by atoms with E-state index < -0.39 is 6.09 Å². The zero-order chi connectivity index (χ0) is 12.5. The molecule has 1 aliphatic rings. The van der Waals surface area contributed by atoms with Crippen LogP contribution in [-0.2, 0) is 0 Å². The van der Waals surface area contributed by atoms with E-state index in [2.05, 4.69) is 16.4 Å². The number of carbonyl (C=O) groups is 1. The van der Waals surface area contributed by atoms with Gasteiger partial charge in [0.1, 0.15) is 0 Å². The molecule has 0 atom stereocenters. The van der Waals surface area contributed by atoms with Crippen molar-refractivity contribution in [3.05, 3.63) is 30.1 Å². The average Bonchev–Trinajstić information content (AvgIpc) is 2.86. The van der Waals surface area contributed by atoms with Crippen LogP contribution in [0.1, 0.15) is 24.3 Å². The lowest BCUT2D eigenvalue weighted by Crippen LogP contribution is -2.36. The van der Waals surface area contributed by atoms with Crippen LogP contribution in [0.4, 0.5) is 4.79 Å². The van der Waals surface area contributed by atoms with Crippen molar-refractivity contribution in [1.82, 2.24) is 19.7 Å². The monoisotopic (exact) mass is 246 g/mol. The largest absolute Gasteiger partial charge is 0.465 e. The number of fused-ring (bicyclic) bond motifs is 1. The number of hydrogen-bond acceptors (Lipinski definition) is 3. The molecule has 0 unspecified atom stereocenters. The van der Waals surface area contributed by atoms with Gasteiger partial charge in [0, 0.05) is 19.3 Å². The van der Waals surface area contributed by atoms with Gasteiger partial charge in [-0.3, -0.25) is 0 Å². The van der Waals surface area contributed by atoms with Gasteiger partial charge in [0.15, 0.2) is 0 Å². The van der Waals surface area contributed by atoms with Gasteiger partial charge in [0.2, 0.25) is 0 Å². The van der Waals surface area contributed by atoms with Gasteiger partial charge in [-0.05, 0) is 36.5 Å². The zero-order valence-electron chi connectivity index (χ0n) is 9.86. The molecule has 94 valence electrons. The third-order valence-electron chi connectivity index (χ3n) is 3.56. The van der Waals surface area contributed by atoms with E-state index in [4.69, 9.17) is 5.11 Å². The number of hydrogen-bond donors (Lipinski definition) is 1. The van der Waals surface area contributed by atoms with E-state index in [9.17, 15) is 4.79 Å². The second-order valence-corrected chi connectivity index (χ2v) is 4.61. The van der Waals surface area contributed by atoms with Crippen molar-refractivity contribution in [2.24, 2.45) is 0 Å². The van der Waals surface area contributed by atoms with Gasteiger partial charge in [-0.25, -0.2) is 9.31 Å². The van der Waals surface area contributed by atoms with E-state index in [1.54, 1.807) is 10.7 Å². The SMILES string of the molecule is O=C(O)N1CCC(c2ccn3nncc3c2)CC1. The standard InChI is InChI=1S/C12H14N4O2/c17-12(18)15-4-1-9(2-5-15)10-3-6-16-11(7-10)8-13-14-16/h3,6-9H,1-2,4-5H2,(H,17,18). The van der Waals surface area contributed by atoms with Crippen LogP contribution in [0.3, 0.4) is 0 Å². The van der Waals surface area contributed by atoms with E-state index in [1.807, 2.05) is 12.3 Å². The Balaban J connectivity index is 1.77. The van der Waals surface area contributed by atoms with Gasteiger partial charge in [0.05, 0.1) is 11.7 Å². The molecule has 2 aromatic heterocycles. The lowest BCUT2D eigenvalue weighted by Gasteiger charge is -2.30. The Hall–Kier alpha value is -2.11. The Morgan fingerprint density at radius 1 is 1.39 bits per heavy atom. The summed E-state index contributed by atoms with van der Waals surface area (Å²) in [7, 11) is 0. The maximum Gasteiger partial charge on any atom is 0.407 e. The molecule has 2 aromatic rings. The lowest BCUT2D eigenvalue weighted by molar-refractivity contribution is 0.132. The van der Waals surface area contributed by atoms with Crippen LogP contribution >= 0.6 is 0 Å². The molecule has 3 rings (SSSR count). The number of carboxylic acid groups (broad SMARTS) is 1. The molecule has 18 heavy (non-hydrogen) atoms. The quantitative estimate of drug-likeness (QED) is 0.829. The predicted octanol–water partition coefficient (Wildman–Crippen LogP) is 1.59. The summed E-state index contributed by atoms with van der Waals surface area (Å²) in [6.07, 6.45) is 4.58. The molecule has 1 aliphatic heterocycles. The summed E-state index contributed by atoms with van der Waals surface area (Å²) in [6, 6.07) is 4.13. The van der Waals surface area contributed by atoms with E-state index in [-0.39, 0.29) is 0 Å². The molecule has 1 fully saturated rings. The molecule has 6 nitrogen and oxygen atoms in total. The fourth-order valence-corrected chi connectivity index (χ4v) is 2.50. The fraction of sp³-hybridized carbons (Fsp3) is 0.417. The Labute approximate surface area is 104 Å². The Kier molecular flexibility index (Phi) is 2.62. The molecule has 6 heteroatoms. The molecule has 3 heterocycles. The van der Waals surface area contributed by atoms with Crippen LogP contribution in [0.2, 0.25) is 0 Å². The van der Waals surface area contributed by atoms with E-state index in [0.717, 1.165) is 18.4 Å². The van der Waals surface area contributed by atoms with Crippen molar-refractivity contribution in [2.75, 3.05) is 13.1 Å². The summed E-state index contributed by atoms with van der Waals surface area (Å²) < 4.78 is 1.73. The summed E-state index contributed by atoms with van der Waals surface area (Å²) in [4.78, 5) is 12.3. The molecular weight excluding hydrogens is 232 g/mol. The molecular formula is C12H14N4O2. The molecule has 0 bridgehead atoms. The summed E-state index contributed by atoms with van der Waals surface area (Å²) in [6.45, 7) is 1.23. The molecule has 0 spiro atoms. The minimum Gasteiger partial charge on any atom is -0.465 e. The maximum absolute atomic E-state index is 10.8. The van der Waals surface area contributed by atoms with Crippen molar-refractivity contribution < 1.29 is 9.90 Å². The van der Waals surface area contributed by atoms with Crippen molar-refractivity contribution in [1.29, 1.82) is 0 Å². The van der Waals surface area contributed by atoms with Gasteiger partial charge >= 0.3 is 6.09 Å². The number of nitrogens with zero attached hydrogens (tertiary/aromatic N) is 4. The van der Waals surface area contributed by atoms with E-state index in [0.29, 0.717) is 19.0 Å². The highest BCUT2D eigenvalue weighted by Crippen LogP contribution is 2.28. The lowest BCUT2D eigenvalue weighted by atomic mass is 9.90. The molecule has 0 aromatic carbocycles. The Morgan fingerprint density at radius 2 is 2.17 bits per heavy atom. The second kappa shape index (κ2) is 4.29. The van der Waals surface area contributed by atoms with E-state index >= 15 is 0 Å². The molecule has 1 amide bonds. The first-order chi connectivity index (χ1) is 8.74. The Bertz CT molecular complexity index is 572. The molecule has 1 saturated heterocycles. The smallest absolute Gasteiger partial charge is 0.407 e. The first-order valence-corrected chi connectivity index (χ1v) is 6.02. The number of likely N-dealkylation sites (tertiary alicyclic amines) is 1. The maximum atomic E-state index is 10.8. The summed E-state index contributed by atoms with van der Waals surface area (Å²) in [5, 5.41) is 16.7. The Morgan fingerprint density at radius 3 is 2.89 bits per heavy atom. The van der Waals surface area contributed by atoms with Gasteiger partial charge < -0.3 is 10.0 Å². The minimum absolute atomic E-state index is 0.431. The van der Waals surface area contributed by atoms with Gasteiger partial charge in [0.25, 0.3) is 0 Å². The van der Waals surface area contributed by atoms with Gasteiger partial charge in [-0.15, -0.1) is 5.10 Å². The number of aromatic nitrogens is 3. The van der Waals surface area contributed by atoms with Crippen molar-refractivity contribution >= 4 is 11.6 Å². The number of rotatable bonds is 1. The van der Waals surface area contributed by atoms with E-state index in [1.165, 1.54) is 10.5 Å². The summed E-state index contributed by atoms with van der Waals surface area (Å²) in [5.41, 5.74) is 2.23. The number of piperidine rings is 1. The minimum atomic E-state index is -0.816. The highest BCUT2D eigenvalue weighted by atomic mass is 16.4. The van der Waals surface area contributed by atoms with Crippen molar-refractivity contribution in [2.45, 2.75) is 18.8 Å². The van der Waals surface area contributed by atoms with Crippen molar-refractivity contribution in [3.63, 3.8) is 0 Å². The van der Waals surface area contributed by atoms with Crippen LogP contribution in [-0.4, -0.2) is 44.0 Å². The molecule has 0 saturated carbocycles. The van der Waals surface area contributed by atoms with Gasteiger partial charge in [-0.2, -0.15) is 0 Å². The zero-order valence-corrected chi connectivity index (χ0v) is 9.86. The van der Waals surface area contributed by atoms with Gasteiger partial charge in [-0.1, -0.05) is 5.21 Å². The molecule has 0 radical (unpaired) electrons. The molecule has 0 aliphatic carbocycles. The normalized spacial score (nSPS) is 17.2. The average molecular weight is 246 g/mol. The highest BCUT2D eigenvalue weighted by molar-refractivity contribution is 5.65. The fourth-order valence-electron chi connectivity index (χ4n) is 2.50. The van der Waals surface area contributed by atoms with Crippen LogP contribution in [0.5, 0.6) is 0 Å². The highest BCUT2D eigenvalue weighted by Gasteiger charge is 2.23. The van der Waals surface area contributed by atoms with Crippen LogP contribution < -0.4 is 0 Å². The predicted molar refractivity (Wildman–Crippen MR) is 64.6 cm³/mol. The summed E-state index contributed by atoms with van der Waals surface area (Å²) in [5.74, 6) is 0.431. The topological polar surface area (TPSA) is 70.7 Å². The second-order valence-electron chi connectivity index (χ2n) is 4.61. The first-order valence-electron chi connectivity index (χ1n) is 6.02. The number of pyridine rings is 1. The van der Waals surface area contributed by atoms with Crippen LogP contribution in [0, 0.1) is 0 Å². The van der Waals surface area contributed by atoms with Crippen LogP contribution in [0.15, 0.2) is 24.5 Å². The third kappa shape index (κ3) is 1.90. The number of amides is 1. The van der Waals surface area contributed by atoms with Crippen molar-refractivity contribution in [3.8, 4) is 0 Å². The first kappa shape index (κ1) is 11.0. The molecule has 1 N–H and O–H groups in total.